The molecule has 1 atom stereocenters. The highest BCUT2D eigenvalue weighted by atomic mass is 35.5. The van der Waals surface area contributed by atoms with Gasteiger partial charge in [-0.3, -0.25) is 9.69 Å². The molecule has 134 valence electrons. The number of rotatable bonds is 3. The third kappa shape index (κ3) is 3.84. The van der Waals surface area contributed by atoms with Crippen molar-refractivity contribution in [2.24, 2.45) is 0 Å². The zero-order valence-corrected chi connectivity index (χ0v) is 15.0. The minimum absolute atomic E-state index is 0.0717. The van der Waals surface area contributed by atoms with E-state index in [9.17, 15) is 4.79 Å². The van der Waals surface area contributed by atoms with Crippen molar-refractivity contribution >= 4 is 23.6 Å². The SMILES string of the molecule is O=C(C1=Cc2cc(Cl)ccc2OC1)N1CCN(CC2CCCO2)CC1. The van der Waals surface area contributed by atoms with Gasteiger partial charge in [0.15, 0.2) is 0 Å². The van der Waals surface area contributed by atoms with Crippen LogP contribution in [0.2, 0.25) is 5.02 Å². The van der Waals surface area contributed by atoms with Gasteiger partial charge in [0.25, 0.3) is 5.91 Å². The van der Waals surface area contributed by atoms with Gasteiger partial charge in [0.1, 0.15) is 12.4 Å². The van der Waals surface area contributed by atoms with E-state index in [2.05, 4.69) is 4.90 Å². The molecule has 2 saturated heterocycles. The van der Waals surface area contributed by atoms with E-state index in [0.29, 0.717) is 23.3 Å². The van der Waals surface area contributed by atoms with E-state index in [4.69, 9.17) is 21.1 Å². The highest BCUT2D eigenvalue weighted by Crippen LogP contribution is 2.29. The van der Waals surface area contributed by atoms with Crippen LogP contribution in [0.5, 0.6) is 5.75 Å². The highest BCUT2D eigenvalue weighted by Gasteiger charge is 2.27. The third-order valence-corrected chi connectivity index (χ3v) is 5.34. The quantitative estimate of drug-likeness (QED) is 0.828. The molecule has 3 aliphatic heterocycles. The van der Waals surface area contributed by atoms with E-state index in [1.165, 1.54) is 6.42 Å². The summed E-state index contributed by atoms with van der Waals surface area (Å²) in [6, 6.07) is 5.48. The Balaban J connectivity index is 1.36. The van der Waals surface area contributed by atoms with E-state index in [0.717, 1.165) is 57.1 Å². The molecular weight excluding hydrogens is 340 g/mol. The zero-order valence-electron chi connectivity index (χ0n) is 14.2. The molecule has 6 heteroatoms. The van der Waals surface area contributed by atoms with Crippen molar-refractivity contribution in [3.63, 3.8) is 0 Å². The van der Waals surface area contributed by atoms with Crippen LogP contribution in [0.3, 0.4) is 0 Å². The predicted octanol–water partition coefficient (Wildman–Crippen LogP) is 2.44. The van der Waals surface area contributed by atoms with Crippen LogP contribution in [-0.2, 0) is 9.53 Å². The lowest BCUT2D eigenvalue weighted by Gasteiger charge is -2.36. The molecule has 1 aromatic rings. The van der Waals surface area contributed by atoms with Gasteiger partial charge in [-0.15, -0.1) is 0 Å². The first-order chi connectivity index (χ1) is 12.2. The molecule has 5 nitrogen and oxygen atoms in total. The van der Waals surface area contributed by atoms with E-state index in [-0.39, 0.29) is 5.91 Å². The summed E-state index contributed by atoms with van der Waals surface area (Å²) in [4.78, 5) is 17.1. The lowest BCUT2D eigenvalue weighted by Crippen LogP contribution is -2.51. The van der Waals surface area contributed by atoms with Crippen molar-refractivity contribution < 1.29 is 14.3 Å². The molecule has 0 spiro atoms. The fourth-order valence-electron chi connectivity index (χ4n) is 3.68. The summed E-state index contributed by atoms with van der Waals surface area (Å²) in [6.07, 6.45) is 4.61. The van der Waals surface area contributed by atoms with Gasteiger partial charge in [0.05, 0.1) is 11.7 Å². The van der Waals surface area contributed by atoms with Crippen LogP contribution in [0, 0.1) is 0 Å². The number of ether oxygens (including phenoxy) is 2. The number of amides is 1. The van der Waals surface area contributed by atoms with Crippen molar-refractivity contribution in [2.45, 2.75) is 18.9 Å². The molecule has 2 fully saturated rings. The van der Waals surface area contributed by atoms with Crippen LogP contribution in [0.4, 0.5) is 0 Å². The Morgan fingerprint density at radius 2 is 2.08 bits per heavy atom. The Morgan fingerprint density at radius 1 is 1.24 bits per heavy atom. The summed E-state index contributed by atoms with van der Waals surface area (Å²) in [5.41, 5.74) is 1.57. The van der Waals surface area contributed by atoms with Crippen LogP contribution < -0.4 is 4.74 Å². The van der Waals surface area contributed by atoms with Crippen molar-refractivity contribution in [2.75, 3.05) is 45.9 Å². The molecule has 1 amide bonds. The molecule has 1 unspecified atom stereocenters. The maximum absolute atomic E-state index is 12.8. The van der Waals surface area contributed by atoms with Crippen LogP contribution in [0.15, 0.2) is 23.8 Å². The minimum atomic E-state index is 0.0717. The van der Waals surface area contributed by atoms with Crippen molar-refractivity contribution in [3.8, 4) is 5.75 Å². The Labute approximate surface area is 153 Å². The second-order valence-corrected chi connectivity index (χ2v) is 7.30. The average Bonchev–Trinajstić information content (AvgIpc) is 3.14. The first-order valence-corrected chi connectivity index (χ1v) is 9.33. The number of fused-ring (bicyclic) bond motifs is 1. The number of carbonyl (C=O) groups is 1. The summed E-state index contributed by atoms with van der Waals surface area (Å²) >= 11 is 6.04. The summed E-state index contributed by atoms with van der Waals surface area (Å²) in [6.45, 7) is 5.52. The molecular formula is C19H23ClN2O3. The van der Waals surface area contributed by atoms with Gasteiger partial charge in [0, 0.05) is 49.9 Å². The van der Waals surface area contributed by atoms with Crippen molar-refractivity contribution in [3.05, 3.63) is 34.4 Å². The lowest BCUT2D eigenvalue weighted by atomic mass is 10.1. The number of piperazine rings is 1. The van der Waals surface area contributed by atoms with Gasteiger partial charge in [-0.1, -0.05) is 11.6 Å². The van der Waals surface area contributed by atoms with Gasteiger partial charge in [0.2, 0.25) is 0 Å². The normalized spacial score (nSPS) is 23.8. The Hall–Kier alpha value is -1.56. The van der Waals surface area contributed by atoms with E-state index < -0.39 is 0 Å². The molecule has 0 radical (unpaired) electrons. The molecule has 0 aliphatic carbocycles. The van der Waals surface area contributed by atoms with Crippen molar-refractivity contribution in [1.29, 1.82) is 0 Å². The summed E-state index contributed by atoms with van der Waals surface area (Å²) in [5, 5.41) is 0.648. The number of halogens is 1. The Morgan fingerprint density at radius 3 is 2.84 bits per heavy atom. The fourth-order valence-corrected chi connectivity index (χ4v) is 3.87. The number of hydrogen-bond acceptors (Lipinski definition) is 4. The second-order valence-electron chi connectivity index (χ2n) is 6.87. The molecule has 25 heavy (non-hydrogen) atoms. The first-order valence-electron chi connectivity index (χ1n) is 8.95. The summed E-state index contributed by atoms with van der Waals surface area (Å²) < 4.78 is 11.4. The predicted molar refractivity (Wildman–Crippen MR) is 96.9 cm³/mol. The zero-order chi connectivity index (χ0) is 17.2. The average molecular weight is 363 g/mol. The van der Waals surface area contributed by atoms with Gasteiger partial charge >= 0.3 is 0 Å². The third-order valence-electron chi connectivity index (χ3n) is 5.10. The topological polar surface area (TPSA) is 42.0 Å². The van der Waals surface area contributed by atoms with E-state index in [1.54, 1.807) is 6.07 Å². The Bertz CT molecular complexity index is 677. The smallest absolute Gasteiger partial charge is 0.253 e. The maximum Gasteiger partial charge on any atom is 0.253 e. The van der Waals surface area contributed by atoms with Crippen molar-refractivity contribution in [1.82, 2.24) is 9.80 Å². The first kappa shape index (κ1) is 16.9. The molecule has 0 aromatic heterocycles. The van der Waals surface area contributed by atoms with Gasteiger partial charge in [-0.2, -0.15) is 0 Å². The number of hydrogen-bond donors (Lipinski definition) is 0. The number of nitrogens with zero attached hydrogens (tertiary/aromatic N) is 2. The maximum atomic E-state index is 12.8. The summed E-state index contributed by atoms with van der Waals surface area (Å²) in [5.74, 6) is 0.852. The molecule has 0 N–H and O–H groups in total. The summed E-state index contributed by atoms with van der Waals surface area (Å²) in [7, 11) is 0. The second kappa shape index (κ2) is 7.36. The van der Waals surface area contributed by atoms with Gasteiger partial charge in [-0.25, -0.2) is 0 Å². The molecule has 3 heterocycles. The fraction of sp³-hybridized carbons (Fsp3) is 0.526. The molecule has 3 aliphatic rings. The molecule has 0 bridgehead atoms. The van der Waals surface area contributed by atoms with Crippen LogP contribution >= 0.6 is 11.6 Å². The van der Waals surface area contributed by atoms with Gasteiger partial charge in [-0.05, 0) is 37.1 Å². The Kier molecular flexibility index (Phi) is 4.97. The van der Waals surface area contributed by atoms with Crippen LogP contribution in [0.25, 0.3) is 6.08 Å². The number of benzene rings is 1. The molecule has 0 saturated carbocycles. The largest absolute Gasteiger partial charge is 0.488 e. The monoisotopic (exact) mass is 362 g/mol. The number of carbonyl (C=O) groups excluding carboxylic acids is 1. The van der Waals surface area contributed by atoms with Crippen LogP contribution in [0.1, 0.15) is 18.4 Å². The lowest BCUT2D eigenvalue weighted by molar-refractivity contribution is -0.129. The van der Waals surface area contributed by atoms with E-state index in [1.807, 2.05) is 23.1 Å². The molecule has 1 aromatic carbocycles. The molecule has 4 rings (SSSR count). The van der Waals surface area contributed by atoms with Crippen LogP contribution in [-0.4, -0.2) is 67.7 Å². The highest BCUT2D eigenvalue weighted by molar-refractivity contribution is 6.30. The standard InChI is InChI=1S/C19H23ClN2O3/c20-16-3-4-18-14(11-16)10-15(13-25-18)19(23)22-7-5-21(6-8-22)12-17-2-1-9-24-17/h3-4,10-11,17H,1-2,5-9,12-13H2. The minimum Gasteiger partial charge on any atom is -0.488 e. The van der Waals surface area contributed by atoms with E-state index >= 15 is 0 Å². The van der Waals surface area contributed by atoms with Gasteiger partial charge < -0.3 is 14.4 Å².